The Morgan fingerprint density at radius 1 is 1.45 bits per heavy atom. The Balaban J connectivity index is 2.09. The average molecular weight is 293 g/mol. The second-order valence-electron chi connectivity index (χ2n) is 4.45. The van der Waals surface area contributed by atoms with Crippen molar-refractivity contribution in [3.8, 4) is 5.75 Å². The molecule has 0 aliphatic rings. The van der Waals surface area contributed by atoms with Gasteiger partial charge in [-0.25, -0.2) is 0 Å². The molecule has 0 saturated heterocycles. The third-order valence-electron chi connectivity index (χ3n) is 3.01. The predicted octanol–water partition coefficient (Wildman–Crippen LogP) is 2.50. The first-order chi connectivity index (χ1) is 9.51. The largest absolute Gasteiger partial charge is 0.487 e. The fourth-order valence-corrected chi connectivity index (χ4v) is 2.11. The van der Waals surface area contributed by atoms with Crippen LogP contribution >= 0.6 is 11.6 Å². The van der Waals surface area contributed by atoms with E-state index in [0.717, 1.165) is 17.8 Å². The number of aryl methyl sites for hydroxylation is 2. The second kappa shape index (κ2) is 5.96. The van der Waals surface area contributed by atoms with Crippen molar-refractivity contribution in [2.75, 3.05) is 0 Å². The Morgan fingerprint density at radius 3 is 2.75 bits per heavy atom. The number of nitrogen functional groups attached to an aromatic ring is 1. The van der Waals surface area contributed by atoms with E-state index in [1.807, 2.05) is 17.8 Å². The van der Waals surface area contributed by atoms with Crippen LogP contribution in [0.4, 0.5) is 0 Å². The fraction of sp³-hybridized carbons (Fsp3) is 0.286. The van der Waals surface area contributed by atoms with Gasteiger partial charge in [-0.05, 0) is 30.7 Å². The highest BCUT2D eigenvalue weighted by molar-refractivity contribution is 6.34. The quantitative estimate of drug-likeness (QED) is 0.656. The standard InChI is InChI=1S/C14H17ClN4O/c1-3-9-6-10(19(2)18-9)8-20-11-4-5-12(14(16)17)13(15)7-11/h4-7H,3,8H2,1-2H3,(H3,16,17). The highest BCUT2D eigenvalue weighted by atomic mass is 35.5. The van der Waals surface area contributed by atoms with Gasteiger partial charge in [0.05, 0.1) is 16.4 Å². The van der Waals surface area contributed by atoms with Crippen molar-refractivity contribution in [2.45, 2.75) is 20.0 Å². The van der Waals surface area contributed by atoms with Crippen molar-refractivity contribution in [3.63, 3.8) is 0 Å². The fourth-order valence-electron chi connectivity index (χ4n) is 1.84. The molecular formula is C14H17ClN4O. The first-order valence-corrected chi connectivity index (χ1v) is 6.67. The summed E-state index contributed by atoms with van der Waals surface area (Å²) in [6.45, 7) is 2.48. The van der Waals surface area contributed by atoms with Crippen LogP contribution in [-0.2, 0) is 20.1 Å². The molecule has 0 bridgehead atoms. The maximum absolute atomic E-state index is 7.38. The van der Waals surface area contributed by atoms with Crippen LogP contribution in [0, 0.1) is 5.41 Å². The number of halogens is 1. The van der Waals surface area contributed by atoms with Gasteiger partial charge in [0, 0.05) is 12.6 Å². The van der Waals surface area contributed by atoms with Gasteiger partial charge in [-0.3, -0.25) is 10.1 Å². The van der Waals surface area contributed by atoms with Crippen LogP contribution in [-0.4, -0.2) is 15.6 Å². The lowest BCUT2D eigenvalue weighted by Gasteiger charge is -2.08. The number of rotatable bonds is 5. The van der Waals surface area contributed by atoms with Crippen molar-refractivity contribution in [1.29, 1.82) is 5.41 Å². The summed E-state index contributed by atoms with van der Waals surface area (Å²) < 4.78 is 7.50. The maximum Gasteiger partial charge on any atom is 0.130 e. The van der Waals surface area contributed by atoms with Crippen molar-refractivity contribution in [1.82, 2.24) is 9.78 Å². The van der Waals surface area contributed by atoms with Gasteiger partial charge in [0.25, 0.3) is 0 Å². The third-order valence-corrected chi connectivity index (χ3v) is 3.32. The maximum atomic E-state index is 7.38. The number of amidine groups is 1. The molecule has 0 spiro atoms. The van der Waals surface area contributed by atoms with Gasteiger partial charge in [-0.2, -0.15) is 5.10 Å². The highest BCUT2D eigenvalue weighted by Crippen LogP contribution is 2.23. The molecule has 3 N–H and O–H groups in total. The first kappa shape index (κ1) is 14.4. The number of nitrogens with zero attached hydrogens (tertiary/aromatic N) is 2. The number of hydrogen-bond acceptors (Lipinski definition) is 3. The normalized spacial score (nSPS) is 10.6. The molecular weight excluding hydrogens is 276 g/mol. The second-order valence-corrected chi connectivity index (χ2v) is 4.86. The predicted molar refractivity (Wildman–Crippen MR) is 79.4 cm³/mol. The van der Waals surface area contributed by atoms with Gasteiger partial charge in [-0.15, -0.1) is 0 Å². The molecule has 106 valence electrons. The van der Waals surface area contributed by atoms with Gasteiger partial charge >= 0.3 is 0 Å². The van der Waals surface area contributed by atoms with E-state index in [1.165, 1.54) is 0 Å². The number of nitrogens with two attached hydrogens (primary N) is 1. The molecule has 0 aliphatic carbocycles. The molecule has 2 rings (SSSR count). The Bertz CT molecular complexity index is 636. The lowest BCUT2D eigenvalue weighted by atomic mass is 10.2. The lowest BCUT2D eigenvalue weighted by Crippen LogP contribution is -2.11. The van der Waals surface area contributed by atoms with Crippen LogP contribution in [0.2, 0.25) is 5.02 Å². The van der Waals surface area contributed by atoms with Crippen molar-refractivity contribution >= 4 is 17.4 Å². The van der Waals surface area contributed by atoms with Crippen molar-refractivity contribution in [2.24, 2.45) is 12.8 Å². The lowest BCUT2D eigenvalue weighted by molar-refractivity contribution is 0.295. The van der Waals surface area contributed by atoms with Gasteiger partial charge in [0.2, 0.25) is 0 Å². The highest BCUT2D eigenvalue weighted by Gasteiger charge is 2.07. The van der Waals surface area contributed by atoms with E-state index >= 15 is 0 Å². The molecule has 0 unspecified atom stereocenters. The number of benzene rings is 1. The summed E-state index contributed by atoms with van der Waals surface area (Å²) in [6, 6.07) is 7.11. The Morgan fingerprint density at radius 2 is 2.20 bits per heavy atom. The SMILES string of the molecule is CCc1cc(COc2ccc(C(=N)N)c(Cl)c2)n(C)n1. The van der Waals surface area contributed by atoms with Gasteiger partial charge in [-0.1, -0.05) is 18.5 Å². The van der Waals surface area contributed by atoms with Crippen LogP contribution in [0.5, 0.6) is 5.75 Å². The van der Waals surface area contributed by atoms with Gasteiger partial charge < -0.3 is 10.5 Å². The third kappa shape index (κ3) is 3.11. The average Bonchev–Trinajstić information content (AvgIpc) is 2.76. The summed E-state index contributed by atoms with van der Waals surface area (Å²) in [6.07, 6.45) is 0.896. The minimum Gasteiger partial charge on any atom is -0.487 e. The summed E-state index contributed by atoms with van der Waals surface area (Å²) >= 11 is 6.05. The van der Waals surface area contributed by atoms with Crippen LogP contribution < -0.4 is 10.5 Å². The number of ether oxygens (including phenoxy) is 1. The summed E-state index contributed by atoms with van der Waals surface area (Å²) in [5, 5.41) is 12.1. The van der Waals surface area contributed by atoms with Crippen LogP contribution in [0.1, 0.15) is 23.9 Å². The molecule has 1 aromatic heterocycles. The molecule has 0 fully saturated rings. The molecule has 0 saturated carbocycles. The number of nitrogens with one attached hydrogen (secondary N) is 1. The van der Waals surface area contributed by atoms with E-state index in [4.69, 9.17) is 27.5 Å². The minimum absolute atomic E-state index is 0.0548. The van der Waals surface area contributed by atoms with Crippen molar-refractivity contribution in [3.05, 3.63) is 46.2 Å². The summed E-state index contributed by atoms with van der Waals surface area (Å²) in [5.41, 5.74) is 7.95. The van der Waals surface area contributed by atoms with E-state index < -0.39 is 0 Å². The van der Waals surface area contributed by atoms with Gasteiger partial charge in [0.15, 0.2) is 0 Å². The minimum atomic E-state index is -0.0548. The smallest absolute Gasteiger partial charge is 0.130 e. The van der Waals surface area contributed by atoms with Crippen LogP contribution in [0.15, 0.2) is 24.3 Å². The molecule has 20 heavy (non-hydrogen) atoms. The topological polar surface area (TPSA) is 76.9 Å². The summed E-state index contributed by atoms with van der Waals surface area (Å²) in [4.78, 5) is 0. The molecule has 0 radical (unpaired) electrons. The Hall–Kier alpha value is -2.01. The molecule has 5 nitrogen and oxygen atoms in total. The summed E-state index contributed by atoms with van der Waals surface area (Å²) in [7, 11) is 1.89. The Labute approximate surface area is 122 Å². The van der Waals surface area contributed by atoms with E-state index in [9.17, 15) is 0 Å². The van der Waals surface area contributed by atoms with E-state index in [2.05, 4.69) is 12.0 Å². The van der Waals surface area contributed by atoms with E-state index in [1.54, 1.807) is 18.2 Å². The molecule has 0 amide bonds. The molecule has 6 heteroatoms. The van der Waals surface area contributed by atoms with E-state index in [-0.39, 0.29) is 5.84 Å². The molecule has 1 aromatic carbocycles. The molecule has 0 aliphatic heterocycles. The Kier molecular flexibility index (Phi) is 4.29. The zero-order valence-corrected chi connectivity index (χ0v) is 12.2. The molecule has 0 atom stereocenters. The molecule has 2 aromatic rings. The van der Waals surface area contributed by atoms with Crippen LogP contribution in [0.3, 0.4) is 0 Å². The molecule has 1 heterocycles. The summed E-state index contributed by atoms with van der Waals surface area (Å²) in [5.74, 6) is 0.583. The van der Waals surface area contributed by atoms with E-state index in [0.29, 0.717) is 22.9 Å². The first-order valence-electron chi connectivity index (χ1n) is 6.29. The monoisotopic (exact) mass is 292 g/mol. The number of hydrogen-bond donors (Lipinski definition) is 2. The zero-order valence-electron chi connectivity index (χ0n) is 11.5. The van der Waals surface area contributed by atoms with Gasteiger partial charge in [0.1, 0.15) is 18.2 Å². The zero-order chi connectivity index (χ0) is 14.7. The van der Waals surface area contributed by atoms with Crippen molar-refractivity contribution < 1.29 is 4.74 Å². The van der Waals surface area contributed by atoms with Crippen LogP contribution in [0.25, 0.3) is 0 Å². The number of aromatic nitrogens is 2.